The van der Waals surface area contributed by atoms with E-state index in [1.165, 1.54) is 6.26 Å². The molecule has 134 valence electrons. The molecule has 1 aliphatic heterocycles. The van der Waals surface area contributed by atoms with Gasteiger partial charge in [0.15, 0.2) is 15.7 Å². The molecule has 1 aromatic carbocycles. The molecule has 0 amide bonds. The standard InChI is InChI=1S/C17H21N3O4S/c1-25(22,23)14-6-2-11(3-7-14)9-20-10-13(21)8-15(20)17-18-16(19-24-17)12-4-5-12/h2-3,6-7,12-13,15,21H,4-5,8-10H2,1H3. The van der Waals surface area contributed by atoms with Crippen molar-refractivity contribution in [2.75, 3.05) is 12.8 Å². The summed E-state index contributed by atoms with van der Waals surface area (Å²) in [5, 5.41) is 14.1. The minimum atomic E-state index is -3.20. The summed E-state index contributed by atoms with van der Waals surface area (Å²) in [5.74, 6) is 1.76. The second-order valence-electron chi connectivity index (χ2n) is 7.02. The number of likely N-dealkylation sites (tertiary alicyclic amines) is 1. The second kappa shape index (κ2) is 6.19. The molecular weight excluding hydrogens is 342 g/mol. The van der Waals surface area contributed by atoms with Crippen LogP contribution in [0.5, 0.6) is 0 Å². The molecule has 1 saturated heterocycles. The third-order valence-corrected chi connectivity index (χ3v) is 5.93. The topological polar surface area (TPSA) is 96.5 Å². The summed E-state index contributed by atoms with van der Waals surface area (Å²) >= 11 is 0. The lowest BCUT2D eigenvalue weighted by Gasteiger charge is -2.21. The first-order chi connectivity index (χ1) is 11.9. The van der Waals surface area contributed by atoms with E-state index in [9.17, 15) is 13.5 Å². The maximum atomic E-state index is 11.6. The lowest BCUT2D eigenvalue weighted by molar-refractivity contribution is 0.169. The molecule has 2 atom stereocenters. The summed E-state index contributed by atoms with van der Waals surface area (Å²) in [5.41, 5.74) is 0.980. The number of nitrogens with zero attached hydrogens (tertiary/aromatic N) is 3. The van der Waals surface area contributed by atoms with E-state index >= 15 is 0 Å². The first kappa shape index (κ1) is 16.7. The highest BCUT2D eigenvalue weighted by Gasteiger charge is 2.37. The van der Waals surface area contributed by atoms with Crippen molar-refractivity contribution in [1.82, 2.24) is 15.0 Å². The number of aliphatic hydroxyl groups excluding tert-OH is 1. The van der Waals surface area contributed by atoms with Gasteiger partial charge in [-0.3, -0.25) is 4.90 Å². The van der Waals surface area contributed by atoms with Gasteiger partial charge in [0.2, 0.25) is 5.89 Å². The summed E-state index contributed by atoms with van der Waals surface area (Å²) in [6, 6.07) is 6.74. The normalized spacial score (nSPS) is 24.7. The Morgan fingerprint density at radius 2 is 2.00 bits per heavy atom. The Kier molecular flexibility index (Phi) is 4.13. The van der Waals surface area contributed by atoms with Crippen molar-refractivity contribution >= 4 is 9.84 Å². The minimum Gasteiger partial charge on any atom is -0.392 e. The smallest absolute Gasteiger partial charge is 0.244 e. The van der Waals surface area contributed by atoms with Crippen LogP contribution in [0.15, 0.2) is 33.7 Å². The Hall–Kier alpha value is -1.77. The van der Waals surface area contributed by atoms with E-state index in [0.717, 1.165) is 24.2 Å². The van der Waals surface area contributed by atoms with Gasteiger partial charge in [-0.05, 0) is 37.0 Å². The Morgan fingerprint density at radius 3 is 2.64 bits per heavy atom. The molecular formula is C17H21N3O4S. The van der Waals surface area contributed by atoms with E-state index < -0.39 is 15.9 Å². The van der Waals surface area contributed by atoms with Crippen LogP contribution in [0.1, 0.15) is 48.5 Å². The maximum absolute atomic E-state index is 11.6. The SMILES string of the molecule is CS(=O)(=O)c1ccc(CN2CC(O)CC2c2nc(C3CC3)no2)cc1. The molecule has 2 heterocycles. The summed E-state index contributed by atoms with van der Waals surface area (Å²) in [7, 11) is -3.20. The predicted molar refractivity (Wildman–Crippen MR) is 89.6 cm³/mol. The molecule has 2 unspecified atom stereocenters. The van der Waals surface area contributed by atoms with E-state index in [1.807, 2.05) is 12.1 Å². The fourth-order valence-corrected chi connectivity index (χ4v) is 3.91. The molecule has 0 bridgehead atoms. The number of benzene rings is 1. The summed E-state index contributed by atoms with van der Waals surface area (Å²) in [6.45, 7) is 1.12. The number of hydrogen-bond acceptors (Lipinski definition) is 7. The van der Waals surface area contributed by atoms with E-state index in [1.54, 1.807) is 12.1 Å². The molecule has 7 nitrogen and oxygen atoms in total. The largest absolute Gasteiger partial charge is 0.392 e. The molecule has 0 spiro atoms. The molecule has 2 aromatic rings. The maximum Gasteiger partial charge on any atom is 0.244 e. The van der Waals surface area contributed by atoms with Crippen molar-refractivity contribution in [2.45, 2.75) is 48.8 Å². The number of aliphatic hydroxyl groups is 1. The zero-order valence-corrected chi connectivity index (χ0v) is 14.8. The fourth-order valence-electron chi connectivity index (χ4n) is 3.28. The third kappa shape index (κ3) is 3.61. The van der Waals surface area contributed by atoms with Crippen LogP contribution in [0.4, 0.5) is 0 Å². The number of rotatable bonds is 5. The highest BCUT2D eigenvalue weighted by Crippen LogP contribution is 2.40. The average molecular weight is 363 g/mol. The van der Waals surface area contributed by atoms with Gasteiger partial charge in [-0.25, -0.2) is 8.42 Å². The van der Waals surface area contributed by atoms with Gasteiger partial charge in [0.1, 0.15) is 0 Å². The fraction of sp³-hybridized carbons (Fsp3) is 0.529. The Balaban J connectivity index is 1.51. The second-order valence-corrected chi connectivity index (χ2v) is 9.03. The van der Waals surface area contributed by atoms with Crippen LogP contribution in [0.2, 0.25) is 0 Å². The molecule has 8 heteroatoms. The number of hydrogen-bond donors (Lipinski definition) is 1. The number of sulfone groups is 1. The zero-order chi connectivity index (χ0) is 17.6. The lowest BCUT2D eigenvalue weighted by atomic mass is 10.1. The van der Waals surface area contributed by atoms with Crippen molar-refractivity contribution < 1.29 is 18.0 Å². The van der Waals surface area contributed by atoms with Gasteiger partial charge in [0, 0.05) is 25.3 Å². The van der Waals surface area contributed by atoms with Gasteiger partial charge in [-0.2, -0.15) is 4.98 Å². The van der Waals surface area contributed by atoms with Crippen molar-refractivity contribution in [3.05, 3.63) is 41.5 Å². The molecule has 1 aromatic heterocycles. The number of aromatic nitrogens is 2. The molecule has 1 aliphatic carbocycles. The van der Waals surface area contributed by atoms with Crippen LogP contribution >= 0.6 is 0 Å². The van der Waals surface area contributed by atoms with E-state index in [4.69, 9.17) is 4.52 Å². The van der Waals surface area contributed by atoms with Gasteiger partial charge >= 0.3 is 0 Å². The van der Waals surface area contributed by atoms with Crippen LogP contribution < -0.4 is 0 Å². The van der Waals surface area contributed by atoms with Crippen LogP contribution in [0, 0.1) is 0 Å². The Morgan fingerprint density at radius 1 is 1.28 bits per heavy atom. The van der Waals surface area contributed by atoms with Crippen molar-refractivity contribution in [2.24, 2.45) is 0 Å². The monoisotopic (exact) mass is 363 g/mol. The van der Waals surface area contributed by atoms with Crippen LogP contribution in [0.3, 0.4) is 0 Å². The molecule has 0 radical (unpaired) electrons. The molecule has 1 saturated carbocycles. The highest BCUT2D eigenvalue weighted by molar-refractivity contribution is 7.90. The minimum absolute atomic E-state index is 0.107. The van der Waals surface area contributed by atoms with Crippen molar-refractivity contribution in [1.29, 1.82) is 0 Å². The van der Waals surface area contributed by atoms with Crippen molar-refractivity contribution in [3.63, 3.8) is 0 Å². The first-order valence-electron chi connectivity index (χ1n) is 8.45. The summed E-state index contributed by atoms with van der Waals surface area (Å²) < 4.78 is 28.6. The average Bonchev–Trinajstić information content (AvgIpc) is 3.18. The predicted octanol–water partition coefficient (Wildman–Crippen LogP) is 1.66. The van der Waals surface area contributed by atoms with E-state index in [0.29, 0.717) is 36.2 Å². The lowest BCUT2D eigenvalue weighted by Crippen LogP contribution is -2.24. The highest BCUT2D eigenvalue weighted by atomic mass is 32.2. The van der Waals surface area contributed by atoms with Crippen LogP contribution in [-0.4, -0.2) is 47.5 Å². The van der Waals surface area contributed by atoms with Gasteiger partial charge in [0.05, 0.1) is 17.0 Å². The van der Waals surface area contributed by atoms with Crippen molar-refractivity contribution in [3.8, 4) is 0 Å². The van der Waals surface area contributed by atoms with E-state index in [2.05, 4.69) is 15.0 Å². The molecule has 1 N–H and O–H groups in total. The molecule has 2 aliphatic rings. The molecule has 25 heavy (non-hydrogen) atoms. The zero-order valence-electron chi connectivity index (χ0n) is 14.0. The number of β-amino-alcohol motifs (C(OH)–C–C–N with tert-alkyl or cyclic N) is 1. The first-order valence-corrected chi connectivity index (χ1v) is 10.3. The van der Waals surface area contributed by atoms with Gasteiger partial charge in [0.25, 0.3) is 0 Å². The van der Waals surface area contributed by atoms with Crippen LogP contribution in [0.25, 0.3) is 0 Å². The van der Waals surface area contributed by atoms with Gasteiger partial charge in [-0.1, -0.05) is 17.3 Å². The molecule has 4 rings (SSSR count). The molecule has 2 fully saturated rings. The van der Waals surface area contributed by atoms with Crippen LogP contribution in [-0.2, 0) is 16.4 Å². The quantitative estimate of drug-likeness (QED) is 0.863. The third-order valence-electron chi connectivity index (χ3n) is 4.80. The Bertz CT molecular complexity index is 858. The Labute approximate surface area is 146 Å². The summed E-state index contributed by atoms with van der Waals surface area (Å²) in [6.07, 6.45) is 3.55. The van der Waals surface area contributed by atoms with E-state index in [-0.39, 0.29) is 6.04 Å². The van der Waals surface area contributed by atoms with Gasteiger partial charge in [-0.15, -0.1) is 0 Å². The summed E-state index contributed by atoms with van der Waals surface area (Å²) in [4.78, 5) is 6.92. The van der Waals surface area contributed by atoms with Gasteiger partial charge < -0.3 is 9.63 Å².